The summed E-state index contributed by atoms with van der Waals surface area (Å²) < 4.78 is 4.72. The van der Waals surface area contributed by atoms with Gasteiger partial charge in [0.25, 0.3) is 0 Å². The van der Waals surface area contributed by atoms with E-state index in [9.17, 15) is 0 Å². The van der Waals surface area contributed by atoms with Crippen molar-refractivity contribution in [1.82, 2.24) is 19.3 Å². The molecule has 2 aromatic heterocycles. The maximum atomic E-state index is 4.69. The van der Waals surface area contributed by atoms with E-state index in [1.54, 1.807) is 0 Å². The monoisotopic (exact) mass is 332 g/mol. The van der Waals surface area contributed by atoms with Gasteiger partial charge in [0, 0.05) is 30.3 Å². The highest BCUT2D eigenvalue weighted by Gasteiger charge is 2.46. The first-order chi connectivity index (χ1) is 12.2. The van der Waals surface area contributed by atoms with Crippen LogP contribution < -0.4 is 0 Å². The minimum atomic E-state index is -0.201. The first-order valence-corrected chi connectivity index (χ1v) is 9.30. The third kappa shape index (κ3) is 2.43. The van der Waals surface area contributed by atoms with Gasteiger partial charge in [-0.25, -0.2) is 0 Å². The Labute approximate surface area is 148 Å². The maximum Gasteiger partial charge on any atom is 0.159 e. The molecule has 0 saturated heterocycles. The van der Waals surface area contributed by atoms with Crippen LogP contribution in [0.15, 0.2) is 54.9 Å². The van der Waals surface area contributed by atoms with Crippen molar-refractivity contribution in [2.75, 3.05) is 0 Å². The van der Waals surface area contributed by atoms with Gasteiger partial charge in [-0.1, -0.05) is 30.3 Å². The van der Waals surface area contributed by atoms with Crippen molar-refractivity contribution in [3.05, 3.63) is 72.1 Å². The summed E-state index contributed by atoms with van der Waals surface area (Å²) in [7, 11) is 0. The van der Waals surface area contributed by atoms with E-state index < -0.39 is 0 Å². The fourth-order valence-corrected chi connectivity index (χ4v) is 4.02. The molecule has 2 fully saturated rings. The molecule has 0 N–H and O–H groups in total. The Bertz CT molecular complexity index is 872. The van der Waals surface area contributed by atoms with Crippen LogP contribution in [0.2, 0.25) is 0 Å². The topological polar surface area (TPSA) is 35.6 Å². The summed E-state index contributed by atoms with van der Waals surface area (Å²) in [6, 6.07) is 15.5. The molecule has 128 valence electrons. The van der Waals surface area contributed by atoms with Crippen LogP contribution in [0.1, 0.15) is 68.2 Å². The quantitative estimate of drug-likeness (QED) is 0.691. The second-order valence-electron chi connectivity index (χ2n) is 8.00. The lowest BCUT2D eigenvalue weighted by Crippen LogP contribution is -2.31. The Morgan fingerprint density at radius 3 is 2.36 bits per heavy atom. The van der Waals surface area contributed by atoms with E-state index in [1.807, 2.05) is 0 Å². The van der Waals surface area contributed by atoms with E-state index in [-0.39, 0.29) is 5.54 Å². The van der Waals surface area contributed by atoms with Gasteiger partial charge in [-0.3, -0.25) is 0 Å². The summed E-state index contributed by atoms with van der Waals surface area (Å²) in [5.41, 5.74) is 1.24. The standard InChI is InChI=1S/C21H24N4/c1-21(2,24-12-6-7-13-24)20-23-22-19(16-10-11-16)25(20)18-14-17(18)15-8-4-3-5-9-15/h3-9,12-13,16-18H,10-11,14H2,1-2H3/t17-,18+/m0/s1. The largest absolute Gasteiger partial charge is 0.342 e. The van der Waals surface area contributed by atoms with Gasteiger partial charge >= 0.3 is 0 Å². The summed E-state index contributed by atoms with van der Waals surface area (Å²) in [6.45, 7) is 4.48. The molecular weight excluding hydrogens is 308 g/mol. The van der Waals surface area contributed by atoms with Gasteiger partial charge in [-0.15, -0.1) is 10.2 Å². The molecule has 2 aliphatic carbocycles. The number of aromatic nitrogens is 4. The van der Waals surface area contributed by atoms with E-state index in [1.165, 1.54) is 30.7 Å². The summed E-state index contributed by atoms with van der Waals surface area (Å²) in [5, 5.41) is 9.33. The van der Waals surface area contributed by atoms with Gasteiger partial charge in [-0.2, -0.15) is 0 Å². The minimum absolute atomic E-state index is 0.201. The van der Waals surface area contributed by atoms with Crippen molar-refractivity contribution >= 4 is 0 Å². The molecule has 2 heterocycles. The van der Waals surface area contributed by atoms with Gasteiger partial charge < -0.3 is 9.13 Å². The van der Waals surface area contributed by atoms with Crippen molar-refractivity contribution in [1.29, 1.82) is 0 Å². The number of hydrogen-bond acceptors (Lipinski definition) is 2. The molecule has 4 heteroatoms. The Morgan fingerprint density at radius 2 is 1.68 bits per heavy atom. The molecule has 0 aliphatic heterocycles. The average molecular weight is 332 g/mol. The lowest BCUT2D eigenvalue weighted by atomic mass is 10.0. The van der Waals surface area contributed by atoms with E-state index in [0.717, 1.165) is 5.82 Å². The third-order valence-corrected chi connectivity index (χ3v) is 5.78. The lowest BCUT2D eigenvalue weighted by Gasteiger charge is -2.27. The molecule has 4 nitrogen and oxygen atoms in total. The van der Waals surface area contributed by atoms with Crippen molar-refractivity contribution in [3.8, 4) is 0 Å². The van der Waals surface area contributed by atoms with E-state index >= 15 is 0 Å². The second kappa shape index (κ2) is 5.32. The smallest absolute Gasteiger partial charge is 0.159 e. The zero-order valence-electron chi connectivity index (χ0n) is 14.8. The van der Waals surface area contributed by atoms with Crippen LogP contribution in [0.5, 0.6) is 0 Å². The normalized spacial score (nSPS) is 23.0. The predicted octanol–water partition coefficient (Wildman–Crippen LogP) is 4.47. The molecule has 0 amide bonds. The SMILES string of the molecule is CC(C)(c1nnc(C2CC2)n1[C@@H]1C[C@H]1c1ccccc1)n1cccc1. The lowest BCUT2D eigenvalue weighted by molar-refractivity contribution is 0.386. The van der Waals surface area contributed by atoms with E-state index in [0.29, 0.717) is 17.9 Å². The fourth-order valence-electron chi connectivity index (χ4n) is 4.02. The van der Waals surface area contributed by atoms with Gasteiger partial charge in [0.15, 0.2) is 5.82 Å². The molecule has 0 radical (unpaired) electrons. The predicted molar refractivity (Wildman–Crippen MR) is 97.7 cm³/mol. The van der Waals surface area contributed by atoms with Crippen molar-refractivity contribution in [3.63, 3.8) is 0 Å². The summed E-state index contributed by atoms with van der Waals surface area (Å²) in [6.07, 6.45) is 7.95. The molecule has 1 aromatic carbocycles. The van der Waals surface area contributed by atoms with Gasteiger partial charge in [-0.05, 0) is 50.8 Å². The molecule has 0 spiro atoms. The van der Waals surface area contributed by atoms with Crippen LogP contribution >= 0.6 is 0 Å². The summed E-state index contributed by atoms with van der Waals surface area (Å²) >= 11 is 0. The van der Waals surface area contributed by atoms with Crippen LogP contribution in [0.3, 0.4) is 0 Å². The zero-order valence-corrected chi connectivity index (χ0v) is 14.8. The zero-order chi connectivity index (χ0) is 17.0. The molecular formula is C21H24N4. The highest BCUT2D eigenvalue weighted by Crippen LogP contribution is 2.55. The minimum Gasteiger partial charge on any atom is -0.342 e. The number of rotatable bonds is 5. The number of benzene rings is 1. The van der Waals surface area contributed by atoms with Crippen LogP contribution in [0, 0.1) is 0 Å². The Balaban J connectivity index is 1.56. The van der Waals surface area contributed by atoms with Crippen LogP contribution in [-0.4, -0.2) is 19.3 Å². The Kier molecular flexibility index (Phi) is 3.18. The number of nitrogens with zero attached hydrogens (tertiary/aromatic N) is 4. The molecule has 2 saturated carbocycles. The fraction of sp³-hybridized carbons (Fsp3) is 0.429. The molecule has 0 bridgehead atoms. The summed E-state index contributed by atoms with van der Waals surface area (Å²) in [5.74, 6) is 3.50. The molecule has 0 unspecified atom stereocenters. The summed E-state index contributed by atoms with van der Waals surface area (Å²) in [4.78, 5) is 0. The maximum absolute atomic E-state index is 4.69. The van der Waals surface area contributed by atoms with Gasteiger partial charge in [0.2, 0.25) is 0 Å². The van der Waals surface area contributed by atoms with Gasteiger partial charge in [0.1, 0.15) is 5.82 Å². The first-order valence-electron chi connectivity index (χ1n) is 9.30. The highest BCUT2D eigenvalue weighted by molar-refractivity contribution is 5.29. The molecule has 25 heavy (non-hydrogen) atoms. The second-order valence-corrected chi connectivity index (χ2v) is 8.00. The van der Waals surface area contributed by atoms with Crippen LogP contribution in [-0.2, 0) is 5.54 Å². The van der Waals surface area contributed by atoms with Crippen molar-refractivity contribution in [2.24, 2.45) is 0 Å². The molecule has 2 aliphatic rings. The van der Waals surface area contributed by atoms with Crippen molar-refractivity contribution < 1.29 is 0 Å². The van der Waals surface area contributed by atoms with E-state index in [2.05, 4.69) is 88.0 Å². The van der Waals surface area contributed by atoms with Crippen LogP contribution in [0.25, 0.3) is 0 Å². The van der Waals surface area contributed by atoms with Crippen LogP contribution in [0.4, 0.5) is 0 Å². The molecule has 5 rings (SSSR count). The highest BCUT2D eigenvalue weighted by atomic mass is 15.3. The molecule has 2 atom stereocenters. The third-order valence-electron chi connectivity index (χ3n) is 5.78. The van der Waals surface area contributed by atoms with E-state index in [4.69, 9.17) is 0 Å². The van der Waals surface area contributed by atoms with Gasteiger partial charge in [0.05, 0.1) is 5.54 Å². The average Bonchev–Trinajstić information content (AvgIpc) is 3.52. The van der Waals surface area contributed by atoms with Crippen molar-refractivity contribution in [2.45, 2.75) is 56.5 Å². The molecule has 3 aromatic rings. The Hall–Kier alpha value is -2.36. The first kappa shape index (κ1) is 14.9. The number of hydrogen-bond donors (Lipinski definition) is 0. The Morgan fingerprint density at radius 1 is 0.960 bits per heavy atom.